The third-order valence-corrected chi connectivity index (χ3v) is 6.86. The standard InChI is InChI=1S/C23H30FN3O3S/c1-25-21-15-30-23-12-20(24)22(27-13-17(14-27)8-5-9-26-31(28)29)11-19(23)18(21)10-16-6-3-2-4-7-16/h2-4,6-7,11-12,17-18,21,25,31H,5,8-10,13-15H2,1H3,(H,26,28,29). The summed E-state index contributed by atoms with van der Waals surface area (Å²) < 4.78 is 44.3. The average molecular weight is 448 g/mol. The van der Waals surface area contributed by atoms with E-state index < -0.39 is 10.9 Å². The fourth-order valence-corrected chi connectivity index (χ4v) is 4.98. The molecule has 168 valence electrons. The molecule has 0 amide bonds. The van der Waals surface area contributed by atoms with Gasteiger partial charge in [0, 0.05) is 43.2 Å². The van der Waals surface area contributed by atoms with Crippen molar-refractivity contribution in [1.29, 1.82) is 0 Å². The Morgan fingerprint density at radius 2 is 1.97 bits per heavy atom. The molecule has 0 aliphatic carbocycles. The van der Waals surface area contributed by atoms with E-state index in [1.807, 2.05) is 31.3 Å². The summed E-state index contributed by atoms with van der Waals surface area (Å²) in [6.45, 7) is 2.57. The lowest BCUT2D eigenvalue weighted by atomic mass is 9.83. The summed E-state index contributed by atoms with van der Waals surface area (Å²) in [6, 6.07) is 14.0. The number of nitrogens with zero attached hydrogens (tertiary/aromatic N) is 1. The molecule has 0 bridgehead atoms. The maximum absolute atomic E-state index is 14.9. The van der Waals surface area contributed by atoms with E-state index in [0.29, 0.717) is 30.5 Å². The summed E-state index contributed by atoms with van der Waals surface area (Å²) in [4.78, 5) is 2.07. The van der Waals surface area contributed by atoms with Gasteiger partial charge in [-0.15, -0.1) is 0 Å². The van der Waals surface area contributed by atoms with Gasteiger partial charge in [0.15, 0.2) is 0 Å². The molecule has 2 aromatic carbocycles. The lowest BCUT2D eigenvalue weighted by Gasteiger charge is -2.42. The minimum Gasteiger partial charge on any atom is -0.492 e. The molecule has 2 aromatic rings. The smallest absolute Gasteiger partial charge is 0.201 e. The highest BCUT2D eigenvalue weighted by molar-refractivity contribution is 7.70. The van der Waals surface area contributed by atoms with Crippen LogP contribution in [0.5, 0.6) is 5.75 Å². The van der Waals surface area contributed by atoms with Crippen LogP contribution in [0, 0.1) is 11.7 Å². The Bertz CT molecular complexity index is 956. The van der Waals surface area contributed by atoms with Crippen LogP contribution in [0.25, 0.3) is 0 Å². The number of ether oxygens (including phenoxy) is 1. The predicted molar refractivity (Wildman–Crippen MR) is 121 cm³/mol. The summed E-state index contributed by atoms with van der Waals surface area (Å²) in [7, 11) is -0.583. The van der Waals surface area contributed by atoms with Gasteiger partial charge in [-0.2, -0.15) is 0 Å². The molecule has 31 heavy (non-hydrogen) atoms. The number of benzene rings is 2. The molecule has 1 saturated heterocycles. The van der Waals surface area contributed by atoms with Crippen molar-refractivity contribution in [3.8, 4) is 5.75 Å². The van der Waals surface area contributed by atoms with Crippen LogP contribution in [0.1, 0.15) is 29.9 Å². The number of rotatable bonds is 9. The number of anilines is 1. The SMILES string of the molecule is CNC1COc2cc(F)c(N3CC(CCCN[SH](=O)=O)C3)cc2C1Cc1ccccc1. The van der Waals surface area contributed by atoms with Crippen LogP contribution in [0.15, 0.2) is 42.5 Å². The van der Waals surface area contributed by atoms with Gasteiger partial charge in [-0.3, -0.25) is 0 Å². The van der Waals surface area contributed by atoms with Crippen molar-refractivity contribution < 1.29 is 17.5 Å². The molecule has 2 aliphatic rings. The fourth-order valence-electron chi connectivity index (χ4n) is 4.64. The number of hydrogen-bond donors (Lipinski definition) is 3. The Balaban J connectivity index is 1.47. The Morgan fingerprint density at radius 1 is 1.19 bits per heavy atom. The Morgan fingerprint density at radius 3 is 2.68 bits per heavy atom. The van der Waals surface area contributed by atoms with Crippen LogP contribution in [-0.2, 0) is 17.3 Å². The van der Waals surface area contributed by atoms with E-state index in [0.717, 1.165) is 37.9 Å². The molecule has 1 fully saturated rings. The zero-order chi connectivity index (χ0) is 21.8. The minimum atomic E-state index is -2.53. The molecule has 6 nitrogen and oxygen atoms in total. The summed E-state index contributed by atoms with van der Waals surface area (Å²) in [5, 5.41) is 3.37. The van der Waals surface area contributed by atoms with Gasteiger partial charge < -0.3 is 15.0 Å². The Kier molecular flexibility index (Phi) is 7.09. The summed E-state index contributed by atoms with van der Waals surface area (Å²) in [5.74, 6) is 1.06. The molecule has 0 radical (unpaired) electrons. The Labute approximate surface area is 184 Å². The van der Waals surface area contributed by atoms with Crippen LogP contribution in [0.2, 0.25) is 0 Å². The van der Waals surface area contributed by atoms with Crippen LogP contribution < -0.4 is 19.7 Å². The van der Waals surface area contributed by atoms with Gasteiger partial charge in [-0.05, 0) is 43.9 Å². The fraction of sp³-hybridized carbons (Fsp3) is 0.478. The van der Waals surface area contributed by atoms with E-state index >= 15 is 0 Å². The van der Waals surface area contributed by atoms with Crippen molar-refractivity contribution in [2.45, 2.75) is 31.2 Å². The lowest BCUT2D eigenvalue weighted by molar-refractivity contribution is 0.217. The summed E-state index contributed by atoms with van der Waals surface area (Å²) in [5.41, 5.74) is 2.94. The van der Waals surface area contributed by atoms with Gasteiger partial charge >= 0.3 is 0 Å². The molecule has 8 heteroatoms. The van der Waals surface area contributed by atoms with E-state index in [1.54, 1.807) is 0 Å². The number of likely N-dealkylation sites (N-methyl/N-ethyl adjacent to an activating group) is 1. The third-order valence-electron chi connectivity index (χ3n) is 6.38. The highest BCUT2D eigenvalue weighted by Crippen LogP contribution is 2.41. The maximum atomic E-state index is 14.9. The molecule has 2 unspecified atom stereocenters. The van der Waals surface area contributed by atoms with E-state index in [4.69, 9.17) is 4.74 Å². The second-order valence-corrected chi connectivity index (χ2v) is 9.25. The first-order valence-corrected chi connectivity index (χ1v) is 12.0. The normalized spacial score (nSPS) is 20.9. The third kappa shape index (κ3) is 5.19. The number of fused-ring (bicyclic) bond motifs is 1. The molecule has 0 spiro atoms. The first-order chi connectivity index (χ1) is 15.0. The first-order valence-electron chi connectivity index (χ1n) is 10.9. The lowest BCUT2D eigenvalue weighted by Crippen LogP contribution is -2.47. The molecule has 4 rings (SSSR count). The van der Waals surface area contributed by atoms with Crippen molar-refractivity contribution in [1.82, 2.24) is 10.0 Å². The second-order valence-electron chi connectivity index (χ2n) is 8.42. The van der Waals surface area contributed by atoms with Crippen molar-refractivity contribution in [3.05, 3.63) is 59.4 Å². The van der Waals surface area contributed by atoms with Crippen molar-refractivity contribution in [3.63, 3.8) is 0 Å². The van der Waals surface area contributed by atoms with Crippen LogP contribution in [-0.4, -0.2) is 47.7 Å². The van der Waals surface area contributed by atoms with E-state index in [9.17, 15) is 12.8 Å². The number of nitrogens with one attached hydrogen (secondary N) is 2. The van der Waals surface area contributed by atoms with Crippen molar-refractivity contribution in [2.75, 3.05) is 38.2 Å². The van der Waals surface area contributed by atoms with Crippen molar-refractivity contribution in [2.24, 2.45) is 5.92 Å². The maximum Gasteiger partial charge on any atom is 0.201 e. The molecule has 0 aromatic heterocycles. The predicted octanol–water partition coefficient (Wildman–Crippen LogP) is 2.46. The molecule has 0 saturated carbocycles. The quantitative estimate of drug-likeness (QED) is 0.407. The number of hydrogen-bond acceptors (Lipinski definition) is 5. The molecular weight excluding hydrogens is 417 g/mol. The first kappa shape index (κ1) is 22.0. The molecule has 2 N–H and O–H groups in total. The van der Waals surface area contributed by atoms with Gasteiger partial charge in [0.05, 0.1) is 5.69 Å². The second kappa shape index (κ2) is 9.97. The van der Waals surface area contributed by atoms with E-state index in [-0.39, 0.29) is 17.8 Å². The van der Waals surface area contributed by atoms with Gasteiger partial charge in [0.1, 0.15) is 18.2 Å². The van der Waals surface area contributed by atoms with Crippen LogP contribution in [0.4, 0.5) is 10.1 Å². The van der Waals surface area contributed by atoms with E-state index in [1.165, 1.54) is 11.6 Å². The zero-order valence-electron chi connectivity index (χ0n) is 17.7. The molecule has 2 atom stereocenters. The highest BCUT2D eigenvalue weighted by Gasteiger charge is 2.34. The summed E-state index contributed by atoms with van der Waals surface area (Å²) >= 11 is 0. The van der Waals surface area contributed by atoms with Gasteiger partial charge in [0.2, 0.25) is 10.9 Å². The molecule has 2 aliphatic heterocycles. The van der Waals surface area contributed by atoms with Gasteiger partial charge in [-0.25, -0.2) is 17.5 Å². The number of halogens is 1. The van der Waals surface area contributed by atoms with Gasteiger partial charge in [0.25, 0.3) is 0 Å². The topological polar surface area (TPSA) is 70.7 Å². The van der Waals surface area contributed by atoms with Gasteiger partial charge in [-0.1, -0.05) is 30.3 Å². The number of thiol groups is 1. The Hall–Kier alpha value is -2.16. The zero-order valence-corrected chi connectivity index (χ0v) is 18.6. The molecular formula is C23H30FN3O3S. The highest BCUT2D eigenvalue weighted by atomic mass is 32.2. The molecule has 2 heterocycles. The largest absolute Gasteiger partial charge is 0.492 e. The van der Waals surface area contributed by atoms with Crippen molar-refractivity contribution >= 4 is 16.6 Å². The monoisotopic (exact) mass is 447 g/mol. The minimum absolute atomic E-state index is 0.162. The average Bonchev–Trinajstić information content (AvgIpc) is 2.73. The van der Waals surface area contributed by atoms with Crippen LogP contribution in [0.3, 0.4) is 0 Å². The van der Waals surface area contributed by atoms with Crippen LogP contribution >= 0.6 is 0 Å². The van der Waals surface area contributed by atoms with E-state index in [2.05, 4.69) is 27.1 Å². The summed E-state index contributed by atoms with van der Waals surface area (Å²) in [6.07, 6.45) is 2.59.